The molecule has 2 heterocycles. The Morgan fingerprint density at radius 2 is 1.59 bits per heavy atom. The van der Waals surface area contributed by atoms with E-state index in [1.165, 1.54) is 11.1 Å². The van der Waals surface area contributed by atoms with Crippen LogP contribution in [0.15, 0.2) is 53.9 Å². The lowest BCUT2D eigenvalue weighted by atomic mass is 9.86. The van der Waals surface area contributed by atoms with Crippen molar-refractivity contribution in [1.82, 2.24) is 9.38 Å². The molecule has 4 aromatic rings. The monoisotopic (exact) mass is 374 g/mol. The van der Waals surface area contributed by atoms with E-state index in [1.807, 2.05) is 4.40 Å². The first kappa shape index (κ1) is 17.7. The molecule has 0 aliphatic rings. The van der Waals surface area contributed by atoms with E-state index in [0.717, 1.165) is 33.8 Å². The van der Waals surface area contributed by atoms with Crippen LogP contribution < -0.4 is 0 Å². The fraction of sp³-hybridized carbons (Fsp3) is 0.217. The van der Waals surface area contributed by atoms with Crippen LogP contribution in [0.25, 0.3) is 27.5 Å². The van der Waals surface area contributed by atoms with Crippen molar-refractivity contribution in [2.75, 3.05) is 0 Å². The average molecular weight is 375 g/mol. The third-order valence-electron chi connectivity index (χ3n) is 4.88. The first-order valence-electron chi connectivity index (χ1n) is 9.01. The second-order valence-electron chi connectivity index (χ2n) is 7.90. The summed E-state index contributed by atoms with van der Waals surface area (Å²) in [6.07, 6.45) is 0.914. The number of aromatic nitrogens is 2. The number of carbonyl (C=O) groups is 1. The number of benzene rings is 2. The highest BCUT2D eigenvalue weighted by molar-refractivity contribution is 7.15. The van der Waals surface area contributed by atoms with Crippen molar-refractivity contribution in [2.45, 2.75) is 33.1 Å². The van der Waals surface area contributed by atoms with Crippen molar-refractivity contribution in [1.29, 1.82) is 0 Å². The van der Waals surface area contributed by atoms with Gasteiger partial charge in [0.25, 0.3) is 0 Å². The largest absolute Gasteiger partial charge is 0.296 e. The summed E-state index contributed by atoms with van der Waals surface area (Å²) >= 11 is 1.56. The fourth-order valence-electron chi connectivity index (χ4n) is 3.26. The molecule has 0 saturated carbocycles. The van der Waals surface area contributed by atoms with E-state index < -0.39 is 0 Å². The van der Waals surface area contributed by atoms with Crippen LogP contribution in [-0.4, -0.2) is 15.7 Å². The maximum atomic E-state index is 12.0. The van der Waals surface area contributed by atoms with Gasteiger partial charge >= 0.3 is 0 Å². The van der Waals surface area contributed by atoms with Crippen LogP contribution in [0.2, 0.25) is 0 Å². The minimum atomic E-state index is 0.0964. The minimum Gasteiger partial charge on any atom is -0.296 e. The van der Waals surface area contributed by atoms with Crippen LogP contribution in [0.3, 0.4) is 0 Å². The molecule has 0 bridgehead atoms. The maximum Gasteiger partial charge on any atom is 0.195 e. The highest BCUT2D eigenvalue weighted by Gasteiger charge is 2.19. The Labute approximate surface area is 163 Å². The Bertz CT molecular complexity index is 1110. The number of fused-ring (bicyclic) bond motifs is 1. The molecule has 0 fully saturated rings. The maximum absolute atomic E-state index is 12.0. The lowest BCUT2D eigenvalue weighted by Gasteiger charge is -2.19. The average Bonchev–Trinajstić information content (AvgIpc) is 3.21. The number of rotatable bonds is 3. The van der Waals surface area contributed by atoms with Crippen molar-refractivity contribution in [3.05, 3.63) is 70.7 Å². The van der Waals surface area contributed by atoms with Crippen molar-refractivity contribution >= 4 is 22.6 Å². The van der Waals surface area contributed by atoms with Gasteiger partial charge in [-0.1, -0.05) is 74.9 Å². The molecule has 0 N–H and O–H groups in total. The van der Waals surface area contributed by atoms with Gasteiger partial charge in [-0.15, -0.1) is 11.3 Å². The topological polar surface area (TPSA) is 34.4 Å². The zero-order chi connectivity index (χ0) is 19.2. The third-order valence-corrected chi connectivity index (χ3v) is 5.71. The highest BCUT2D eigenvalue weighted by atomic mass is 32.1. The van der Waals surface area contributed by atoms with E-state index in [9.17, 15) is 4.79 Å². The lowest BCUT2D eigenvalue weighted by molar-refractivity contribution is 0.111. The summed E-state index contributed by atoms with van der Waals surface area (Å²) in [5, 5.41) is 2.06. The number of thiazole rings is 1. The predicted octanol–water partition coefficient (Wildman–Crippen LogP) is 6.15. The van der Waals surface area contributed by atoms with E-state index in [1.54, 1.807) is 11.3 Å². The lowest BCUT2D eigenvalue weighted by Crippen LogP contribution is -2.10. The minimum absolute atomic E-state index is 0.0964. The number of imidazole rings is 1. The number of hydrogen-bond donors (Lipinski definition) is 0. The number of nitrogens with zero attached hydrogens (tertiary/aromatic N) is 2. The van der Waals surface area contributed by atoms with Crippen molar-refractivity contribution in [2.24, 2.45) is 0 Å². The summed E-state index contributed by atoms with van der Waals surface area (Å²) in [5.41, 5.74) is 6.97. The van der Waals surface area contributed by atoms with E-state index in [-0.39, 0.29) is 5.41 Å². The Morgan fingerprint density at radius 1 is 0.963 bits per heavy atom. The Kier molecular flexibility index (Phi) is 4.23. The number of aryl methyl sites for hydroxylation is 1. The van der Waals surface area contributed by atoms with E-state index in [2.05, 4.69) is 81.6 Å². The van der Waals surface area contributed by atoms with Gasteiger partial charge in [-0.3, -0.25) is 9.20 Å². The molecule has 4 rings (SSSR count). The van der Waals surface area contributed by atoms with Crippen LogP contribution in [0.4, 0.5) is 0 Å². The normalized spacial score (nSPS) is 11.9. The Balaban J connectivity index is 1.86. The summed E-state index contributed by atoms with van der Waals surface area (Å²) < 4.78 is 1.97. The van der Waals surface area contributed by atoms with Gasteiger partial charge in [0.05, 0.1) is 5.69 Å². The van der Waals surface area contributed by atoms with Gasteiger partial charge in [0.2, 0.25) is 0 Å². The Morgan fingerprint density at radius 3 is 2.19 bits per heavy atom. The van der Waals surface area contributed by atoms with Gasteiger partial charge in [-0.25, -0.2) is 4.98 Å². The molecule has 2 aromatic heterocycles. The molecule has 27 heavy (non-hydrogen) atoms. The molecule has 0 aliphatic heterocycles. The first-order valence-corrected chi connectivity index (χ1v) is 9.89. The van der Waals surface area contributed by atoms with Crippen LogP contribution in [0.5, 0.6) is 0 Å². The highest BCUT2D eigenvalue weighted by Crippen LogP contribution is 2.33. The summed E-state index contributed by atoms with van der Waals surface area (Å²) in [7, 11) is 0. The number of carbonyl (C=O) groups excluding carboxylic acids is 1. The van der Waals surface area contributed by atoms with Crippen molar-refractivity contribution in [3.63, 3.8) is 0 Å². The fourth-order valence-corrected chi connectivity index (χ4v) is 4.16. The van der Waals surface area contributed by atoms with Crippen LogP contribution >= 0.6 is 11.3 Å². The number of hydrogen-bond acceptors (Lipinski definition) is 3. The van der Waals surface area contributed by atoms with Gasteiger partial charge in [-0.05, 0) is 23.5 Å². The molecule has 0 atom stereocenters. The molecular formula is C23H22N2OS. The SMILES string of the molecule is Cc1ccc(-c2csc3nc(-c4ccc(C(C)(C)C)cc4)c(C=O)n23)cc1. The van der Waals surface area contributed by atoms with Gasteiger partial charge < -0.3 is 0 Å². The number of aldehydes is 1. The van der Waals surface area contributed by atoms with E-state index in [0.29, 0.717) is 5.69 Å². The summed E-state index contributed by atoms with van der Waals surface area (Å²) in [6, 6.07) is 16.7. The molecule has 0 saturated heterocycles. The third kappa shape index (κ3) is 3.10. The van der Waals surface area contributed by atoms with Crippen LogP contribution in [-0.2, 0) is 5.41 Å². The van der Waals surface area contributed by atoms with Gasteiger partial charge in [0.1, 0.15) is 11.4 Å². The smallest absolute Gasteiger partial charge is 0.195 e. The van der Waals surface area contributed by atoms with E-state index >= 15 is 0 Å². The molecule has 0 radical (unpaired) electrons. The molecule has 4 heteroatoms. The van der Waals surface area contributed by atoms with Crippen LogP contribution in [0.1, 0.15) is 42.4 Å². The van der Waals surface area contributed by atoms with Crippen molar-refractivity contribution < 1.29 is 4.79 Å². The molecule has 0 unspecified atom stereocenters. The van der Waals surface area contributed by atoms with Crippen molar-refractivity contribution in [3.8, 4) is 22.5 Å². The summed E-state index contributed by atoms with van der Waals surface area (Å²) in [5.74, 6) is 0. The molecule has 3 nitrogen and oxygen atoms in total. The van der Waals surface area contributed by atoms with Gasteiger partial charge in [-0.2, -0.15) is 0 Å². The molecule has 136 valence electrons. The first-order chi connectivity index (χ1) is 12.9. The molecule has 0 amide bonds. The molecule has 0 aliphatic carbocycles. The second kappa shape index (κ2) is 6.46. The Hall–Kier alpha value is -2.72. The molecular weight excluding hydrogens is 352 g/mol. The zero-order valence-corrected chi connectivity index (χ0v) is 16.8. The van der Waals surface area contributed by atoms with Crippen LogP contribution in [0, 0.1) is 6.92 Å². The van der Waals surface area contributed by atoms with Gasteiger partial charge in [0, 0.05) is 10.9 Å². The van der Waals surface area contributed by atoms with E-state index in [4.69, 9.17) is 4.98 Å². The van der Waals surface area contributed by atoms with Gasteiger partial charge in [0.15, 0.2) is 11.2 Å². The quantitative estimate of drug-likeness (QED) is 0.403. The zero-order valence-electron chi connectivity index (χ0n) is 16.0. The second-order valence-corrected chi connectivity index (χ2v) is 8.73. The summed E-state index contributed by atoms with van der Waals surface area (Å²) in [6.45, 7) is 8.65. The standard InChI is InChI=1S/C23H22N2OS/c1-15-5-7-16(8-6-15)20-14-27-22-24-21(19(13-26)25(20)22)17-9-11-18(12-10-17)23(2,3)4/h5-14H,1-4H3. The predicted molar refractivity (Wildman–Crippen MR) is 113 cm³/mol. The molecule has 2 aromatic carbocycles. The molecule has 0 spiro atoms. The summed E-state index contributed by atoms with van der Waals surface area (Å²) in [4.78, 5) is 17.6.